The molecule has 0 spiro atoms. The number of nitrogens with zero attached hydrogens (tertiary/aromatic N) is 1. The third-order valence-electron chi connectivity index (χ3n) is 1.79. The SMILES string of the molecule is CC(/C=C(/C)N)=NCc1ccccc1. The maximum absolute atomic E-state index is 5.54. The van der Waals surface area contributed by atoms with Crippen LogP contribution in [0.15, 0.2) is 47.1 Å². The summed E-state index contributed by atoms with van der Waals surface area (Å²) < 4.78 is 0. The van der Waals surface area contributed by atoms with Gasteiger partial charge in [-0.3, -0.25) is 4.99 Å². The summed E-state index contributed by atoms with van der Waals surface area (Å²) in [6, 6.07) is 10.2. The molecule has 0 saturated carbocycles. The van der Waals surface area contributed by atoms with Crippen LogP contribution in [-0.4, -0.2) is 5.71 Å². The third kappa shape index (κ3) is 3.90. The molecule has 14 heavy (non-hydrogen) atoms. The molecule has 0 heterocycles. The Kier molecular flexibility index (Phi) is 3.92. The minimum absolute atomic E-state index is 0.719. The monoisotopic (exact) mass is 188 g/mol. The summed E-state index contributed by atoms with van der Waals surface area (Å²) in [5, 5.41) is 0. The smallest absolute Gasteiger partial charge is 0.0642 e. The van der Waals surface area contributed by atoms with Crippen LogP contribution >= 0.6 is 0 Å². The molecule has 0 fully saturated rings. The Bertz CT molecular complexity index is 333. The molecule has 1 aromatic rings. The number of hydrogen-bond donors (Lipinski definition) is 1. The molecule has 2 N–H and O–H groups in total. The molecular weight excluding hydrogens is 172 g/mol. The summed E-state index contributed by atoms with van der Waals surface area (Å²) in [7, 11) is 0. The van der Waals surface area contributed by atoms with Gasteiger partial charge in [0, 0.05) is 11.4 Å². The standard InChI is InChI=1S/C12H16N2/c1-10(13)8-11(2)14-9-12-6-4-3-5-7-12/h3-8H,9,13H2,1-2H3/b10-8-,14-11?. The van der Waals surface area contributed by atoms with Crippen LogP contribution in [0.25, 0.3) is 0 Å². The lowest BCUT2D eigenvalue weighted by atomic mass is 10.2. The van der Waals surface area contributed by atoms with E-state index in [9.17, 15) is 0 Å². The molecule has 0 aromatic heterocycles. The molecule has 0 aliphatic rings. The zero-order valence-electron chi connectivity index (χ0n) is 8.70. The number of aliphatic imine (C=N–C) groups is 1. The van der Waals surface area contributed by atoms with E-state index >= 15 is 0 Å². The summed E-state index contributed by atoms with van der Waals surface area (Å²) in [5.74, 6) is 0. The first-order chi connectivity index (χ1) is 6.68. The summed E-state index contributed by atoms with van der Waals surface area (Å²) in [6.07, 6.45) is 1.88. The molecule has 0 aliphatic carbocycles. The number of hydrogen-bond acceptors (Lipinski definition) is 2. The first kappa shape index (κ1) is 10.5. The Labute approximate surface area is 85.2 Å². The number of allylic oxidation sites excluding steroid dienone is 2. The van der Waals surface area contributed by atoms with Crippen LogP contribution in [-0.2, 0) is 6.54 Å². The lowest BCUT2D eigenvalue weighted by Crippen LogP contribution is -1.96. The van der Waals surface area contributed by atoms with Crippen LogP contribution in [0, 0.1) is 0 Å². The molecule has 2 nitrogen and oxygen atoms in total. The molecule has 0 saturated heterocycles. The van der Waals surface area contributed by atoms with Gasteiger partial charge < -0.3 is 5.73 Å². The summed E-state index contributed by atoms with van der Waals surface area (Å²) in [6.45, 7) is 4.54. The molecule has 0 unspecified atom stereocenters. The highest BCUT2D eigenvalue weighted by Gasteiger charge is 1.89. The fraction of sp³-hybridized carbons (Fsp3) is 0.250. The van der Waals surface area contributed by atoms with Crippen molar-refractivity contribution in [2.45, 2.75) is 20.4 Å². The lowest BCUT2D eigenvalue weighted by molar-refractivity contribution is 1.07. The van der Waals surface area contributed by atoms with E-state index < -0.39 is 0 Å². The Hall–Kier alpha value is -1.57. The van der Waals surface area contributed by atoms with Crippen molar-refractivity contribution >= 4 is 5.71 Å². The number of benzene rings is 1. The van der Waals surface area contributed by atoms with Gasteiger partial charge in [-0.05, 0) is 25.5 Å². The highest BCUT2D eigenvalue weighted by atomic mass is 14.7. The maximum atomic E-state index is 5.54. The highest BCUT2D eigenvalue weighted by molar-refractivity contribution is 5.93. The zero-order valence-corrected chi connectivity index (χ0v) is 8.70. The van der Waals surface area contributed by atoms with Crippen LogP contribution in [0.5, 0.6) is 0 Å². The van der Waals surface area contributed by atoms with Crippen molar-refractivity contribution in [3.8, 4) is 0 Å². The first-order valence-corrected chi connectivity index (χ1v) is 4.67. The van der Waals surface area contributed by atoms with E-state index in [1.54, 1.807) is 0 Å². The molecule has 1 aromatic carbocycles. The second kappa shape index (κ2) is 5.22. The topological polar surface area (TPSA) is 38.4 Å². The van der Waals surface area contributed by atoms with Gasteiger partial charge in [0.15, 0.2) is 0 Å². The van der Waals surface area contributed by atoms with Crippen molar-refractivity contribution in [1.29, 1.82) is 0 Å². The van der Waals surface area contributed by atoms with Crippen LogP contribution in [0.1, 0.15) is 19.4 Å². The van der Waals surface area contributed by atoms with Crippen molar-refractivity contribution in [3.63, 3.8) is 0 Å². The summed E-state index contributed by atoms with van der Waals surface area (Å²) in [4.78, 5) is 4.39. The quantitative estimate of drug-likeness (QED) is 0.727. The number of nitrogens with two attached hydrogens (primary N) is 1. The molecule has 0 bridgehead atoms. The van der Waals surface area contributed by atoms with E-state index in [-0.39, 0.29) is 0 Å². The van der Waals surface area contributed by atoms with Crippen molar-refractivity contribution in [3.05, 3.63) is 47.7 Å². The van der Waals surface area contributed by atoms with Crippen molar-refractivity contribution in [1.82, 2.24) is 0 Å². The van der Waals surface area contributed by atoms with Crippen molar-refractivity contribution < 1.29 is 0 Å². The van der Waals surface area contributed by atoms with Gasteiger partial charge in [-0.2, -0.15) is 0 Å². The van der Waals surface area contributed by atoms with E-state index in [4.69, 9.17) is 5.73 Å². The fourth-order valence-electron chi connectivity index (χ4n) is 1.17. The Morgan fingerprint density at radius 3 is 2.50 bits per heavy atom. The zero-order chi connectivity index (χ0) is 10.4. The molecule has 0 radical (unpaired) electrons. The first-order valence-electron chi connectivity index (χ1n) is 4.67. The third-order valence-corrected chi connectivity index (χ3v) is 1.79. The Balaban J connectivity index is 2.60. The highest BCUT2D eigenvalue weighted by Crippen LogP contribution is 2.00. The van der Waals surface area contributed by atoms with Crippen LogP contribution < -0.4 is 5.73 Å². The van der Waals surface area contributed by atoms with Gasteiger partial charge in [-0.1, -0.05) is 30.3 Å². The van der Waals surface area contributed by atoms with Gasteiger partial charge in [0.05, 0.1) is 6.54 Å². The van der Waals surface area contributed by atoms with Crippen LogP contribution in [0.2, 0.25) is 0 Å². The van der Waals surface area contributed by atoms with Crippen molar-refractivity contribution in [2.24, 2.45) is 10.7 Å². The molecule has 1 rings (SSSR count). The Morgan fingerprint density at radius 2 is 1.93 bits per heavy atom. The van der Waals surface area contributed by atoms with Gasteiger partial charge in [0.1, 0.15) is 0 Å². The molecule has 74 valence electrons. The molecule has 0 atom stereocenters. The van der Waals surface area contributed by atoms with Gasteiger partial charge in [-0.15, -0.1) is 0 Å². The molecule has 0 aliphatic heterocycles. The summed E-state index contributed by atoms with van der Waals surface area (Å²) in [5.41, 5.74) is 8.52. The predicted molar refractivity (Wildman–Crippen MR) is 61.2 cm³/mol. The molecule has 0 amide bonds. The average molecular weight is 188 g/mol. The van der Waals surface area contributed by atoms with Crippen LogP contribution in [0.4, 0.5) is 0 Å². The average Bonchev–Trinajstić information content (AvgIpc) is 2.15. The fourth-order valence-corrected chi connectivity index (χ4v) is 1.17. The van der Waals surface area contributed by atoms with Crippen LogP contribution in [0.3, 0.4) is 0 Å². The minimum Gasteiger partial charge on any atom is -0.402 e. The minimum atomic E-state index is 0.719. The van der Waals surface area contributed by atoms with Gasteiger partial charge >= 0.3 is 0 Å². The van der Waals surface area contributed by atoms with E-state index in [1.165, 1.54) is 5.56 Å². The molecule has 2 heteroatoms. The molecular formula is C12H16N2. The lowest BCUT2D eigenvalue weighted by Gasteiger charge is -1.97. The van der Waals surface area contributed by atoms with E-state index in [1.807, 2.05) is 38.1 Å². The van der Waals surface area contributed by atoms with Gasteiger partial charge in [0.2, 0.25) is 0 Å². The van der Waals surface area contributed by atoms with E-state index in [0.29, 0.717) is 0 Å². The van der Waals surface area contributed by atoms with Gasteiger partial charge in [-0.25, -0.2) is 0 Å². The van der Waals surface area contributed by atoms with Gasteiger partial charge in [0.25, 0.3) is 0 Å². The van der Waals surface area contributed by atoms with E-state index in [2.05, 4.69) is 17.1 Å². The normalized spacial score (nSPS) is 13.0. The maximum Gasteiger partial charge on any atom is 0.0642 e. The predicted octanol–water partition coefficient (Wildman–Crippen LogP) is 2.51. The summed E-state index contributed by atoms with van der Waals surface area (Å²) >= 11 is 0. The number of rotatable bonds is 3. The second-order valence-corrected chi connectivity index (χ2v) is 3.33. The largest absolute Gasteiger partial charge is 0.402 e. The van der Waals surface area contributed by atoms with Crippen molar-refractivity contribution in [2.75, 3.05) is 0 Å². The second-order valence-electron chi connectivity index (χ2n) is 3.33. The Morgan fingerprint density at radius 1 is 1.29 bits per heavy atom. The van der Waals surface area contributed by atoms with E-state index in [0.717, 1.165) is 18.0 Å².